The Bertz CT molecular complexity index is 630. The van der Waals surface area contributed by atoms with E-state index in [1.807, 2.05) is 16.0 Å². The third-order valence-corrected chi connectivity index (χ3v) is 3.96. The van der Waals surface area contributed by atoms with Gasteiger partial charge in [0.1, 0.15) is 10.1 Å². The second-order valence-electron chi connectivity index (χ2n) is 3.27. The summed E-state index contributed by atoms with van der Waals surface area (Å²) in [4.78, 5) is 13.7. The van der Waals surface area contributed by atoms with E-state index in [2.05, 4.69) is 15.0 Å². The highest BCUT2D eigenvalue weighted by atomic mass is 32.2. The van der Waals surface area contributed by atoms with E-state index in [0.717, 1.165) is 20.7 Å². The standard InChI is InChI=1S/C10H9N5S2/c11-5-7-9(14-10-15(7)3-4-16-10)17-8-6-12-1-2-13-8/h1-4,6H,5,11H2. The largest absolute Gasteiger partial charge is 0.325 e. The molecule has 3 heterocycles. The summed E-state index contributed by atoms with van der Waals surface area (Å²) >= 11 is 3.09. The summed E-state index contributed by atoms with van der Waals surface area (Å²) in [6.07, 6.45) is 7.02. The van der Waals surface area contributed by atoms with Crippen molar-refractivity contribution in [3.8, 4) is 0 Å². The predicted octanol–water partition coefficient (Wildman–Crippen LogP) is 1.80. The maximum Gasteiger partial charge on any atom is 0.194 e. The summed E-state index contributed by atoms with van der Waals surface area (Å²) in [6.45, 7) is 0.459. The normalized spacial score (nSPS) is 11.1. The highest BCUT2D eigenvalue weighted by Gasteiger charge is 2.13. The number of rotatable bonds is 3. The van der Waals surface area contributed by atoms with E-state index in [4.69, 9.17) is 5.73 Å². The zero-order valence-corrected chi connectivity index (χ0v) is 10.4. The topological polar surface area (TPSA) is 69.1 Å². The molecule has 0 aromatic carbocycles. The number of imidazole rings is 1. The Morgan fingerprint density at radius 2 is 2.35 bits per heavy atom. The minimum absolute atomic E-state index is 0.459. The van der Waals surface area contributed by atoms with Crippen molar-refractivity contribution in [2.24, 2.45) is 5.73 Å². The Morgan fingerprint density at radius 3 is 3.12 bits per heavy atom. The number of fused-ring (bicyclic) bond motifs is 1. The van der Waals surface area contributed by atoms with Gasteiger partial charge in [0.2, 0.25) is 0 Å². The van der Waals surface area contributed by atoms with Crippen LogP contribution in [0.4, 0.5) is 0 Å². The maximum atomic E-state index is 5.77. The molecule has 0 bridgehead atoms. The fraction of sp³-hybridized carbons (Fsp3) is 0.100. The molecule has 0 saturated carbocycles. The van der Waals surface area contributed by atoms with Crippen LogP contribution in [-0.2, 0) is 6.54 Å². The molecule has 17 heavy (non-hydrogen) atoms. The van der Waals surface area contributed by atoms with Gasteiger partial charge in [-0.15, -0.1) is 11.3 Å². The first kappa shape index (κ1) is 10.7. The first-order valence-corrected chi connectivity index (χ1v) is 6.66. The van der Waals surface area contributed by atoms with Crippen molar-refractivity contribution in [2.45, 2.75) is 16.6 Å². The van der Waals surface area contributed by atoms with Gasteiger partial charge in [-0.1, -0.05) is 0 Å². The number of hydrogen-bond donors (Lipinski definition) is 1. The molecule has 0 saturated heterocycles. The molecule has 0 atom stereocenters. The molecule has 0 radical (unpaired) electrons. The number of aromatic nitrogens is 4. The van der Waals surface area contributed by atoms with Gasteiger partial charge >= 0.3 is 0 Å². The number of nitrogens with zero attached hydrogens (tertiary/aromatic N) is 4. The summed E-state index contributed by atoms with van der Waals surface area (Å²) in [6, 6.07) is 0. The van der Waals surface area contributed by atoms with Gasteiger partial charge in [-0.2, -0.15) is 0 Å². The zero-order chi connectivity index (χ0) is 11.7. The van der Waals surface area contributed by atoms with E-state index < -0.39 is 0 Å². The van der Waals surface area contributed by atoms with Crippen LogP contribution in [-0.4, -0.2) is 19.4 Å². The van der Waals surface area contributed by atoms with Gasteiger partial charge in [0.05, 0.1) is 11.9 Å². The Kier molecular flexibility index (Phi) is 2.79. The van der Waals surface area contributed by atoms with E-state index >= 15 is 0 Å². The van der Waals surface area contributed by atoms with Gasteiger partial charge in [0.25, 0.3) is 0 Å². The first-order valence-electron chi connectivity index (χ1n) is 4.97. The molecule has 0 spiro atoms. The van der Waals surface area contributed by atoms with E-state index in [0.29, 0.717) is 6.54 Å². The van der Waals surface area contributed by atoms with E-state index in [-0.39, 0.29) is 0 Å². The van der Waals surface area contributed by atoms with Crippen molar-refractivity contribution >= 4 is 28.1 Å². The lowest BCUT2D eigenvalue weighted by molar-refractivity contribution is 0.922. The molecule has 2 N–H and O–H groups in total. The molecular weight excluding hydrogens is 254 g/mol. The average molecular weight is 263 g/mol. The van der Waals surface area contributed by atoms with Crippen molar-refractivity contribution in [1.29, 1.82) is 0 Å². The van der Waals surface area contributed by atoms with Crippen LogP contribution in [0.3, 0.4) is 0 Å². The van der Waals surface area contributed by atoms with Crippen LogP contribution in [0.25, 0.3) is 4.96 Å². The van der Waals surface area contributed by atoms with Crippen molar-refractivity contribution in [3.05, 3.63) is 35.9 Å². The number of nitrogens with two attached hydrogens (primary N) is 1. The van der Waals surface area contributed by atoms with Gasteiger partial charge in [-0.3, -0.25) is 9.38 Å². The maximum absolute atomic E-state index is 5.77. The second-order valence-corrected chi connectivity index (χ2v) is 5.15. The van der Waals surface area contributed by atoms with Crippen LogP contribution in [0.2, 0.25) is 0 Å². The third-order valence-electron chi connectivity index (χ3n) is 2.26. The molecule has 0 fully saturated rings. The Morgan fingerprint density at radius 1 is 1.41 bits per heavy atom. The quantitative estimate of drug-likeness (QED) is 0.780. The van der Waals surface area contributed by atoms with Crippen molar-refractivity contribution in [2.75, 3.05) is 0 Å². The van der Waals surface area contributed by atoms with Gasteiger partial charge in [0.15, 0.2) is 4.96 Å². The minimum atomic E-state index is 0.459. The van der Waals surface area contributed by atoms with Gasteiger partial charge in [-0.05, 0) is 11.8 Å². The highest BCUT2D eigenvalue weighted by Crippen LogP contribution is 2.29. The Hall–Kier alpha value is -1.44. The van der Waals surface area contributed by atoms with Crippen LogP contribution in [0.1, 0.15) is 5.69 Å². The monoisotopic (exact) mass is 263 g/mol. The highest BCUT2D eigenvalue weighted by molar-refractivity contribution is 7.99. The van der Waals surface area contributed by atoms with Crippen LogP contribution in [0.5, 0.6) is 0 Å². The summed E-state index contributed by atoms with van der Waals surface area (Å²) in [5, 5.41) is 3.73. The molecular formula is C10H9N5S2. The summed E-state index contributed by atoms with van der Waals surface area (Å²) < 4.78 is 2.02. The van der Waals surface area contributed by atoms with Crippen LogP contribution in [0.15, 0.2) is 40.2 Å². The SMILES string of the molecule is NCc1c(Sc2cnccn2)nc2sccn12. The molecule has 0 aliphatic carbocycles. The molecule has 0 aliphatic rings. The smallest absolute Gasteiger partial charge is 0.194 e. The van der Waals surface area contributed by atoms with Gasteiger partial charge in [-0.25, -0.2) is 9.97 Å². The number of thiazole rings is 1. The van der Waals surface area contributed by atoms with E-state index in [9.17, 15) is 0 Å². The molecule has 0 amide bonds. The fourth-order valence-electron chi connectivity index (χ4n) is 1.52. The molecule has 3 aromatic rings. The molecule has 86 valence electrons. The molecule has 3 aromatic heterocycles. The molecule has 3 rings (SSSR count). The molecule has 0 aliphatic heterocycles. The van der Waals surface area contributed by atoms with Crippen LogP contribution in [0, 0.1) is 0 Å². The predicted molar refractivity (Wildman–Crippen MR) is 67.1 cm³/mol. The average Bonchev–Trinajstić information content (AvgIpc) is 2.90. The molecule has 0 unspecified atom stereocenters. The zero-order valence-electron chi connectivity index (χ0n) is 8.78. The minimum Gasteiger partial charge on any atom is -0.325 e. The van der Waals surface area contributed by atoms with Crippen molar-refractivity contribution in [1.82, 2.24) is 19.4 Å². The van der Waals surface area contributed by atoms with Crippen LogP contribution < -0.4 is 5.73 Å². The van der Waals surface area contributed by atoms with Crippen molar-refractivity contribution in [3.63, 3.8) is 0 Å². The van der Waals surface area contributed by atoms with E-state index in [1.54, 1.807) is 29.9 Å². The first-order chi connectivity index (χ1) is 8.38. The lowest BCUT2D eigenvalue weighted by Gasteiger charge is -1.99. The molecule has 7 heteroatoms. The third kappa shape index (κ3) is 1.92. The molecule has 5 nitrogen and oxygen atoms in total. The lowest BCUT2D eigenvalue weighted by Crippen LogP contribution is -2.01. The summed E-state index contributed by atoms with van der Waals surface area (Å²) in [7, 11) is 0. The summed E-state index contributed by atoms with van der Waals surface area (Å²) in [5.41, 5.74) is 6.78. The Balaban J connectivity index is 2.02. The summed E-state index contributed by atoms with van der Waals surface area (Å²) in [5.74, 6) is 0. The van der Waals surface area contributed by atoms with Crippen LogP contribution >= 0.6 is 23.1 Å². The lowest BCUT2D eigenvalue weighted by atomic mass is 10.5. The van der Waals surface area contributed by atoms with Gasteiger partial charge in [0, 0.05) is 30.5 Å². The van der Waals surface area contributed by atoms with E-state index in [1.165, 1.54) is 11.8 Å². The number of hydrogen-bond acceptors (Lipinski definition) is 6. The Labute approximate surface area is 106 Å². The van der Waals surface area contributed by atoms with Gasteiger partial charge < -0.3 is 5.73 Å². The fourth-order valence-corrected chi connectivity index (χ4v) is 3.16. The second kappa shape index (κ2) is 4.44. The van der Waals surface area contributed by atoms with Crippen molar-refractivity contribution < 1.29 is 0 Å².